The molecule has 0 bridgehead atoms. The van der Waals surface area contributed by atoms with Gasteiger partial charge in [0.25, 0.3) is 0 Å². The van der Waals surface area contributed by atoms with E-state index >= 15 is 0 Å². The molecule has 16 heavy (non-hydrogen) atoms. The van der Waals surface area contributed by atoms with Gasteiger partial charge in [-0.25, -0.2) is 13.4 Å². The van der Waals surface area contributed by atoms with Gasteiger partial charge >= 0.3 is 0 Å². The number of nitrogens with zero attached hydrogens (tertiary/aromatic N) is 1. The lowest BCUT2D eigenvalue weighted by atomic mass is 10.1. The van der Waals surface area contributed by atoms with Crippen molar-refractivity contribution in [3.05, 3.63) is 16.6 Å². The van der Waals surface area contributed by atoms with Crippen LogP contribution in [-0.4, -0.2) is 31.5 Å². The van der Waals surface area contributed by atoms with Crippen LogP contribution in [0.3, 0.4) is 0 Å². The van der Waals surface area contributed by atoms with E-state index in [1.807, 2.05) is 26.2 Å². The molecule has 1 N–H and O–H groups in total. The molecule has 1 rings (SSSR count). The highest BCUT2D eigenvalue weighted by atomic mass is 32.2. The number of sulfone groups is 1. The minimum atomic E-state index is -2.94. The van der Waals surface area contributed by atoms with E-state index in [1.54, 1.807) is 17.5 Å². The lowest BCUT2D eigenvalue weighted by Crippen LogP contribution is -2.45. The number of hydrogen-bond donors (Lipinski definition) is 1. The molecule has 1 heterocycles. The first kappa shape index (κ1) is 13.6. The normalized spacial score (nSPS) is 15.0. The van der Waals surface area contributed by atoms with Crippen LogP contribution in [0.1, 0.15) is 25.8 Å². The summed E-state index contributed by atoms with van der Waals surface area (Å²) in [5.74, 6) is 0.141. The molecule has 0 radical (unpaired) electrons. The van der Waals surface area contributed by atoms with Crippen molar-refractivity contribution < 1.29 is 8.42 Å². The first-order valence-corrected chi connectivity index (χ1v) is 8.00. The smallest absolute Gasteiger partial charge is 0.148 e. The first-order chi connectivity index (χ1) is 7.21. The standard InChI is InChI=1S/C10H18N2O2S2/c1-8(7-16(4,13)14)12-10(2,3)9-11-5-6-15-9/h5-6,8,12H,7H2,1-4H3. The topological polar surface area (TPSA) is 59.1 Å². The minimum absolute atomic E-state index is 0.0890. The van der Waals surface area contributed by atoms with Crippen LogP contribution in [0, 0.1) is 0 Å². The van der Waals surface area contributed by atoms with Crippen molar-refractivity contribution >= 4 is 21.2 Å². The van der Waals surface area contributed by atoms with Crippen molar-refractivity contribution in [2.75, 3.05) is 12.0 Å². The maximum absolute atomic E-state index is 11.2. The third kappa shape index (κ3) is 4.19. The molecular weight excluding hydrogens is 244 g/mol. The van der Waals surface area contributed by atoms with E-state index in [-0.39, 0.29) is 17.3 Å². The van der Waals surface area contributed by atoms with Gasteiger partial charge in [-0.05, 0) is 20.8 Å². The predicted molar refractivity (Wildman–Crippen MR) is 67.4 cm³/mol. The summed E-state index contributed by atoms with van der Waals surface area (Å²) in [7, 11) is -2.94. The number of rotatable bonds is 5. The van der Waals surface area contributed by atoms with E-state index in [0.29, 0.717) is 0 Å². The Kier molecular flexibility index (Phi) is 4.09. The van der Waals surface area contributed by atoms with Crippen molar-refractivity contribution in [2.45, 2.75) is 32.4 Å². The highest BCUT2D eigenvalue weighted by Gasteiger charge is 2.26. The Morgan fingerprint density at radius 3 is 2.62 bits per heavy atom. The Morgan fingerprint density at radius 1 is 1.56 bits per heavy atom. The molecule has 1 unspecified atom stereocenters. The van der Waals surface area contributed by atoms with Gasteiger partial charge in [0, 0.05) is 23.9 Å². The quantitative estimate of drug-likeness (QED) is 0.871. The van der Waals surface area contributed by atoms with E-state index < -0.39 is 9.84 Å². The Hall–Kier alpha value is -0.460. The van der Waals surface area contributed by atoms with Crippen LogP contribution in [0.2, 0.25) is 0 Å². The highest BCUT2D eigenvalue weighted by molar-refractivity contribution is 7.90. The monoisotopic (exact) mass is 262 g/mol. The van der Waals surface area contributed by atoms with Gasteiger partial charge in [-0.3, -0.25) is 0 Å². The van der Waals surface area contributed by atoms with E-state index in [0.717, 1.165) is 5.01 Å². The molecular formula is C10H18N2O2S2. The van der Waals surface area contributed by atoms with Crippen LogP contribution in [0.15, 0.2) is 11.6 Å². The zero-order valence-electron chi connectivity index (χ0n) is 10.0. The fourth-order valence-electron chi connectivity index (χ4n) is 1.71. The van der Waals surface area contributed by atoms with E-state index in [4.69, 9.17) is 0 Å². The van der Waals surface area contributed by atoms with E-state index in [1.165, 1.54) is 6.26 Å². The van der Waals surface area contributed by atoms with Gasteiger partial charge < -0.3 is 5.32 Å². The molecule has 0 spiro atoms. The summed E-state index contributed by atoms with van der Waals surface area (Å²) in [5.41, 5.74) is -0.293. The second kappa shape index (κ2) is 4.81. The fourth-order valence-corrected chi connectivity index (χ4v) is 3.42. The Morgan fingerprint density at radius 2 is 2.19 bits per heavy atom. The van der Waals surface area contributed by atoms with Gasteiger partial charge in [0.05, 0.1) is 11.3 Å². The molecule has 0 saturated carbocycles. The van der Waals surface area contributed by atoms with Crippen LogP contribution >= 0.6 is 11.3 Å². The van der Waals surface area contributed by atoms with Gasteiger partial charge in [-0.1, -0.05) is 0 Å². The van der Waals surface area contributed by atoms with Crippen LogP contribution in [-0.2, 0) is 15.4 Å². The molecule has 92 valence electrons. The maximum atomic E-state index is 11.2. The number of aromatic nitrogens is 1. The average molecular weight is 262 g/mol. The molecule has 1 aromatic rings. The minimum Gasteiger partial charge on any atom is -0.302 e. The van der Waals surface area contributed by atoms with Gasteiger partial charge in [0.15, 0.2) is 0 Å². The molecule has 6 heteroatoms. The molecule has 1 aromatic heterocycles. The first-order valence-electron chi connectivity index (χ1n) is 5.06. The summed E-state index contributed by atoms with van der Waals surface area (Å²) in [6.45, 7) is 5.88. The zero-order chi connectivity index (χ0) is 12.4. The molecule has 0 aliphatic heterocycles. The molecule has 4 nitrogen and oxygen atoms in total. The van der Waals surface area contributed by atoms with Crippen molar-refractivity contribution in [3.8, 4) is 0 Å². The Bertz CT molecular complexity index is 424. The lowest BCUT2D eigenvalue weighted by Gasteiger charge is -2.28. The lowest BCUT2D eigenvalue weighted by molar-refractivity contribution is 0.365. The largest absolute Gasteiger partial charge is 0.302 e. The van der Waals surface area contributed by atoms with E-state index in [2.05, 4.69) is 10.3 Å². The predicted octanol–water partition coefficient (Wildman–Crippen LogP) is 1.40. The Labute approximate surface area is 101 Å². The Balaban J connectivity index is 2.67. The zero-order valence-corrected chi connectivity index (χ0v) is 11.7. The third-order valence-corrected chi connectivity index (χ3v) is 4.33. The van der Waals surface area contributed by atoms with E-state index in [9.17, 15) is 8.42 Å². The van der Waals surface area contributed by atoms with Crippen molar-refractivity contribution in [1.29, 1.82) is 0 Å². The van der Waals surface area contributed by atoms with Crippen LogP contribution in [0.5, 0.6) is 0 Å². The summed E-state index contributed by atoms with van der Waals surface area (Å²) in [6, 6.07) is -0.0890. The van der Waals surface area contributed by atoms with Gasteiger partial charge in [-0.2, -0.15) is 0 Å². The summed E-state index contributed by atoms with van der Waals surface area (Å²) >= 11 is 1.57. The second-order valence-corrected chi connectivity index (χ2v) is 7.68. The van der Waals surface area contributed by atoms with Gasteiger partial charge in [0.2, 0.25) is 0 Å². The summed E-state index contributed by atoms with van der Waals surface area (Å²) in [4.78, 5) is 4.24. The highest BCUT2D eigenvalue weighted by Crippen LogP contribution is 2.22. The second-order valence-electron chi connectivity index (χ2n) is 4.60. The summed E-state index contributed by atoms with van der Waals surface area (Å²) in [6.07, 6.45) is 3.01. The van der Waals surface area contributed by atoms with Crippen LogP contribution in [0.25, 0.3) is 0 Å². The SMILES string of the molecule is CC(CS(C)(=O)=O)NC(C)(C)c1nccs1. The van der Waals surface area contributed by atoms with Crippen molar-refractivity contribution in [3.63, 3.8) is 0 Å². The summed E-state index contributed by atoms with van der Waals surface area (Å²) < 4.78 is 22.3. The molecule has 0 aromatic carbocycles. The number of nitrogens with one attached hydrogen (secondary N) is 1. The van der Waals surface area contributed by atoms with Gasteiger partial charge in [0.1, 0.15) is 14.8 Å². The molecule has 0 amide bonds. The van der Waals surface area contributed by atoms with Gasteiger partial charge in [-0.15, -0.1) is 11.3 Å². The molecule has 0 aliphatic carbocycles. The number of hydrogen-bond acceptors (Lipinski definition) is 5. The average Bonchev–Trinajstić information content (AvgIpc) is 2.49. The van der Waals surface area contributed by atoms with Crippen LogP contribution < -0.4 is 5.32 Å². The molecule has 0 fully saturated rings. The van der Waals surface area contributed by atoms with Crippen molar-refractivity contribution in [1.82, 2.24) is 10.3 Å². The van der Waals surface area contributed by atoms with Crippen molar-refractivity contribution in [2.24, 2.45) is 0 Å². The summed E-state index contributed by atoms with van der Waals surface area (Å²) in [5, 5.41) is 6.17. The fraction of sp³-hybridized carbons (Fsp3) is 0.700. The maximum Gasteiger partial charge on any atom is 0.148 e. The number of thiazole rings is 1. The van der Waals surface area contributed by atoms with Crippen LogP contribution in [0.4, 0.5) is 0 Å². The third-order valence-electron chi connectivity index (χ3n) is 2.13. The molecule has 1 atom stereocenters. The molecule has 0 aliphatic rings. The molecule has 0 saturated heterocycles.